The first-order valence-electron chi connectivity index (χ1n) is 10.0. The molecule has 4 aromatic rings. The number of carbonyl (C=O) groups excluding carboxylic acids is 1. The third-order valence-corrected chi connectivity index (χ3v) is 6.90. The van der Waals surface area contributed by atoms with E-state index in [4.69, 9.17) is 5.26 Å². The average molecular weight is 463 g/mol. The maximum Gasteiger partial charge on any atom is 0.230 e. The van der Waals surface area contributed by atoms with Gasteiger partial charge in [0.15, 0.2) is 10.8 Å². The van der Waals surface area contributed by atoms with Crippen LogP contribution >= 0.6 is 22.7 Å². The number of pyridine rings is 1. The van der Waals surface area contributed by atoms with Crippen molar-refractivity contribution >= 4 is 54.3 Å². The molecule has 2 N–H and O–H groups in total. The van der Waals surface area contributed by atoms with Gasteiger partial charge in [0.05, 0.1) is 22.8 Å². The van der Waals surface area contributed by atoms with Crippen LogP contribution in [-0.4, -0.2) is 45.2 Å². The van der Waals surface area contributed by atoms with Crippen molar-refractivity contribution in [1.29, 1.82) is 5.26 Å². The summed E-state index contributed by atoms with van der Waals surface area (Å²) in [6.45, 7) is 1.73. The Kier molecular flexibility index (Phi) is 5.62. The van der Waals surface area contributed by atoms with E-state index in [0.29, 0.717) is 15.8 Å². The van der Waals surface area contributed by atoms with E-state index in [1.807, 2.05) is 12.1 Å². The van der Waals surface area contributed by atoms with Crippen LogP contribution in [-0.2, 0) is 11.2 Å². The molecule has 9 nitrogen and oxygen atoms in total. The number of aromatic nitrogens is 4. The van der Waals surface area contributed by atoms with Gasteiger partial charge in [-0.05, 0) is 36.2 Å². The van der Waals surface area contributed by atoms with Gasteiger partial charge in [-0.1, -0.05) is 34.8 Å². The van der Waals surface area contributed by atoms with Crippen molar-refractivity contribution < 1.29 is 4.79 Å². The van der Waals surface area contributed by atoms with Crippen LogP contribution < -0.4 is 15.5 Å². The Morgan fingerprint density at radius 3 is 2.84 bits per heavy atom. The van der Waals surface area contributed by atoms with Gasteiger partial charge in [-0.15, -0.1) is 10.2 Å². The molecule has 0 unspecified atom stereocenters. The zero-order chi connectivity index (χ0) is 21.9. The Bertz CT molecular complexity index is 1260. The van der Waals surface area contributed by atoms with Crippen LogP contribution in [0.3, 0.4) is 0 Å². The Morgan fingerprint density at radius 1 is 1.19 bits per heavy atom. The van der Waals surface area contributed by atoms with Crippen molar-refractivity contribution in [2.24, 2.45) is 0 Å². The number of nitriles is 1. The smallest absolute Gasteiger partial charge is 0.230 e. The molecule has 5 rings (SSSR count). The Morgan fingerprint density at radius 2 is 2.03 bits per heavy atom. The third-order valence-electron chi connectivity index (χ3n) is 5.06. The number of anilines is 3. The number of rotatable bonds is 6. The van der Waals surface area contributed by atoms with Gasteiger partial charge in [0.2, 0.25) is 16.2 Å². The highest BCUT2D eigenvalue weighted by Gasteiger charge is 2.26. The molecule has 0 bridgehead atoms. The zero-order valence-electron chi connectivity index (χ0n) is 16.9. The minimum absolute atomic E-state index is 0.172. The van der Waals surface area contributed by atoms with Crippen molar-refractivity contribution in [2.75, 3.05) is 28.6 Å². The summed E-state index contributed by atoms with van der Waals surface area (Å²) in [6, 6.07) is 13.2. The lowest BCUT2D eigenvalue weighted by molar-refractivity contribution is -0.115. The lowest BCUT2D eigenvalue weighted by Gasteiger charge is -2.14. The number of nitrogens with one attached hydrogen (secondary N) is 2. The minimum Gasteiger partial charge on any atom is -0.355 e. The molecular weight excluding hydrogens is 444 g/mol. The fourth-order valence-corrected chi connectivity index (χ4v) is 5.19. The summed E-state index contributed by atoms with van der Waals surface area (Å²) in [7, 11) is 0. The predicted molar refractivity (Wildman–Crippen MR) is 125 cm³/mol. The van der Waals surface area contributed by atoms with Crippen LogP contribution in [0.5, 0.6) is 0 Å². The van der Waals surface area contributed by atoms with E-state index in [0.717, 1.165) is 40.6 Å². The summed E-state index contributed by atoms with van der Waals surface area (Å²) >= 11 is 2.97. The van der Waals surface area contributed by atoms with Crippen molar-refractivity contribution in [3.05, 3.63) is 53.7 Å². The van der Waals surface area contributed by atoms with Crippen LogP contribution in [0.2, 0.25) is 0 Å². The number of fused-ring (bicyclic) bond motifs is 1. The largest absolute Gasteiger partial charge is 0.355 e. The Hall–Kier alpha value is -3.62. The lowest BCUT2D eigenvalue weighted by Crippen LogP contribution is -2.25. The van der Waals surface area contributed by atoms with Gasteiger partial charge in [0.1, 0.15) is 0 Å². The van der Waals surface area contributed by atoms with Crippen LogP contribution in [0, 0.1) is 11.3 Å². The normalized spacial score (nSPS) is 15.6. The minimum atomic E-state index is -0.172. The molecule has 1 amide bonds. The van der Waals surface area contributed by atoms with E-state index < -0.39 is 0 Å². The Labute approximate surface area is 191 Å². The van der Waals surface area contributed by atoms with Crippen molar-refractivity contribution in [2.45, 2.75) is 18.9 Å². The number of amides is 1. The summed E-state index contributed by atoms with van der Waals surface area (Å²) in [4.78, 5) is 23.5. The molecule has 32 heavy (non-hydrogen) atoms. The monoisotopic (exact) mass is 462 g/mol. The summed E-state index contributed by atoms with van der Waals surface area (Å²) in [5.41, 5.74) is 2.19. The van der Waals surface area contributed by atoms with E-state index in [-0.39, 0.29) is 18.4 Å². The number of hydrogen-bond donors (Lipinski definition) is 2. The van der Waals surface area contributed by atoms with Crippen LogP contribution in [0.4, 0.5) is 15.4 Å². The molecular formula is C21H18N8OS2. The molecule has 0 saturated carbocycles. The summed E-state index contributed by atoms with van der Waals surface area (Å²) < 4.78 is 1.09. The predicted octanol–water partition coefficient (Wildman–Crippen LogP) is 3.29. The van der Waals surface area contributed by atoms with Crippen LogP contribution in [0.25, 0.3) is 10.3 Å². The first kappa shape index (κ1) is 20.3. The molecule has 1 aliphatic heterocycles. The maximum absolute atomic E-state index is 12.3. The lowest BCUT2D eigenvalue weighted by atomic mass is 10.1. The second-order valence-corrected chi connectivity index (χ2v) is 9.33. The van der Waals surface area contributed by atoms with Crippen LogP contribution in [0.15, 0.2) is 42.6 Å². The molecule has 4 heterocycles. The van der Waals surface area contributed by atoms with Crippen molar-refractivity contribution in [1.82, 2.24) is 20.2 Å². The molecule has 1 fully saturated rings. The zero-order valence-corrected chi connectivity index (χ0v) is 18.5. The Balaban J connectivity index is 1.15. The topological polar surface area (TPSA) is 120 Å². The first-order valence-corrected chi connectivity index (χ1v) is 11.6. The fraction of sp³-hybridized carbons (Fsp3) is 0.238. The van der Waals surface area contributed by atoms with Crippen LogP contribution in [0.1, 0.15) is 17.5 Å². The van der Waals surface area contributed by atoms with Gasteiger partial charge >= 0.3 is 0 Å². The van der Waals surface area contributed by atoms with E-state index in [1.165, 1.54) is 11.3 Å². The second-order valence-electron chi connectivity index (χ2n) is 7.34. The van der Waals surface area contributed by atoms with Gasteiger partial charge in [-0.2, -0.15) is 10.2 Å². The highest BCUT2D eigenvalue weighted by molar-refractivity contribution is 7.22. The molecule has 3 aromatic heterocycles. The second kappa shape index (κ2) is 8.86. The van der Waals surface area contributed by atoms with E-state index in [9.17, 15) is 4.79 Å². The number of nitrogens with zero attached hydrogens (tertiary/aromatic N) is 6. The maximum atomic E-state index is 12.3. The molecule has 0 spiro atoms. The average Bonchev–Trinajstić information content (AvgIpc) is 3.54. The standard InChI is InChI=1S/C21H18N8OS2/c22-11-14-5-3-13(4-6-14)10-17(30)25-20-28-27-19(32-20)24-15-7-9-29(12-15)21-26-18-16(31-21)2-1-8-23-18/h1-6,8,15H,7,9-10,12H2,(H,24,27)(H,25,28,30)/t15-/m1/s1. The number of hydrogen-bond acceptors (Lipinski definition) is 10. The molecule has 160 valence electrons. The molecule has 1 aliphatic rings. The SMILES string of the molecule is N#Cc1ccc(CC(=O)Nc2nnc(N[C@@H]3CCN(c4nc5ncccc5s4)C3)s2)cc1. The quantitative estimate of drug-likeness (QED) is 0.448. The van der Waals surface area contributed by atoms with Crippen molar-refractivity contribution in [3.8, 4) is 6.07 Å². The summed E-state index contributed by atoms with van der Waals surface area (Å²) in [5, 5.41) is 25.4. The van der Waals surface area contributed by atoms with Gasteiger partial charge < -0.3 is 15.5 Å². The molecule has 1 aromatic carbocycles. The highest BCUT2D eigenvalue weighted by atomic mass is 32.1. The molecule has 0 aliphatic carbocycles. The van der Waals surface area contributed by atoms with Crippen molar-refractivity contribution in [3.63, 3.8) is 0 Å². The van der Waals surface area contributed by atoms with E-state index in [1.54, 1.807) is 41.8 Å². The number of benzene rings is 1. The molecule has 1 saturated heterocycles. The summed E-state index contributed by atoms with van der Waals surface area (Å²) in [6.07, 6.45) is 2.93. The summed E-state index contributed by atoms with van der Waals surface area (Å²) in [5.74, 6) is -0.172. The first-order chi connectivity index (χ1) is 15.7. The van der Waals surface area contributed by atoms with E-state index >= 15 is 0 Å². The van der Waals surface area contributed by atoms with E-state index in [2.05, 4.69) is 41.8 Å². The number of carbonyl (C=O) groups is 1. The third kappa shape index (κ3) is 4.51. The van der Waals surface area contributed by atoms with Gasteiger partial charge in [-0.25, -0.2) is 4.98 Å². The molecule has 1 atom stereocenters. The highest BCUT2D eigenvalue weighted by Crippen LogP contribution is 2.31. The fourth-order valence-electron chi connectivity index (χ4n) is 3.50. The number of thiazole rings is 1. The molecule has 11 heteroatoms. The van der Waals surface area contributed by atoms with Gasteiger partial charge in [-0.3, -0.25) is 4.79 Å². The molecule has 0 radical (unpaired) electrons. The van der Waals surface area contributed by atoms with Gasteiger partial charge in [0, 0.05) is 25.3 Å². The van der Waals surface area contributed by atoms with Gasteiger partial charge in [0.25, 0.3) is 0 Å².